The summed E-state index contributed by atoms with van der Waals surface area (Å²) in [6, 6.07) is 54.4. The van der Waals surface area contributed by atoms with Crippen molar-refractivity contribution in [3.63, 3.8) is 0 Å². The van der Waals surface area contributed by atoms with Gasteiger partial charge in [-0.1, -0.05) is 158 Å². The van der Waals surface area contributed by atoms with Gasteiger partial charge in [-0.15, -0.1) is 0 Å². The Labute approximate surface area is 334 Å². The van der Waals surface area contributed by atoms with Crippen LogP contribution in [0, 0.1) is 0 Å². The van der Waals surface area contributed by atoms with Crippen LogP contribution in [0.5, 0.6) is 11.5 Å². The molecule has 6 nitrogen and oxygen atoms in total. The average Bonchev–Trinajstić information content (AvgIpc) is 3.28. The van der Waals surface area contributed by atoms with E-state index in [0.29, 0.717) is 33.4 Å². The predicted molar refractivity (Wildman–Crippen MR) is 229 cm³/mol. The highest BCUT2D eigenvalue weighted by Gasteiger charge is 2.23. The molecule has 0 heterocycles. The van der Waals surface area contributed by atoms with Gasteiger partial charge in [0.05, 0.1) is 11.1 Å². The Morgan fingerprint density at radius 1 is 0.345 bits per heavy atom. The Morgan fingerprint density at radius 2 is 0.707 bits per heavy atom. The summed E-state index contributed by atoms with van der Waals surface area (Å²) in [4.78, 5) is 52.7. The number of rotatable bonds is 11. The molecule has 0 saturated carbocycles. The minimum atomic E-state index is -0.578. The van der Waals surface area contributed by atoms with Gasteiger partial charge in [0.15, 0.2) is 11.6 Å². The molecule has 0 amide bonds. The lowest BCUT2D eigenvalue weighted by Crippen LogP contribution is -2.11. The summed E-state index contributed by atoms with van der Waals surface area (Å²) in [5, 5.41) is 3.40. The van der Waals surface area contributed by atoms with Crippen molar-refractivity contribution in [2.24, 2.45) is 0 Å². The van der Waals surface area contributed by atoms with Gasteiger partial charge in [-0.3, -0.25) is 9.59 Å². The van der Waals surface area contributed by atoms with Gasteiger partial charge in [0.1, 0.15) is 11.5 Å². The maximum absolute atomic E-state index is 13.8. The van der Waals surface area contributed by atoms with Crippen LogP contribution in [0.2, 0.25) is 0 Å². The first kappa shape index (κ1) is 37.0. The van der Waals surface area contributed by atoms with E-state index in [-0.39, 0.29) is 23.1 Å². The van der Waals surface area contributed by atoms with Crippen LogP contribution in [-0.2, 0) is 0 Å². The molecular weight excluding hydrogens is 721 g/mol. The molecule has 6 heteroatoms. The topological polar surface area (TPSA) is 86.7 Å². The number of benzene rings is 8. The second-order valence-corrected chi connectivity index (χ2v) is 13.5. The monoisotopic (exact) mass is 754 g/mol. The standard InChI is InChI=1S/C52H34O6/c53-45(39-13-3-1-4-14-39)31-23-35-19-25-41(26-20-35)51(55)57-47-33-29-37-11-7-9-17-43(37)49(47)50-44-18-10-8-12-38(44)30-34-48(50)58-52(56)42-27-21-36(22-28-42)24-32-46(54)40-15-5-2-6-16-40/h1-34H/b31-23-,32-24-. The first-order chi connectivity index (χ1) is 28.4. The molecule has 8 aromatic rings. The van der Waals surface area contributed by atoms with Crippen LogP contribution >= 0.6 is 0 Å². The lowest BCUT2D eigenvalue weighted by molar-refractivity contribution is 0.0723. The van der Waals surface area contributed by atoms with Gasteiger partial charge >= 0.3 is 11.9 Å². The van der Waals surface area contributed by atoms with E-state index in [1.54, 1.807) is 97.1 Å². The van der Waals surface area contributed by atoms with Gasteiger partial charge in [-0.2, -0.15) is 0 Å². The van der Waals surface area contributed by atoms with Gasteiger partial charge in [-0.05, 0) is 81.2 Å². The highest BCUT2D eigenvalue weighted by Crippen LogP contribution is 2.46. The van der Waals surface area contributed by atoms with Crippen LogP contribution in [0.3, 0.4) is 0 Å². The van der Waals surface area contributed by atoms with Crippen molar-refractivity contribution in [2.75, 3.05) is 0 Å². The molecule has 58 heavy (non-hydrogen) atoms. The summed E-state index contributed by atoms with van der Waals surface area (Å²) in [6.07, 6.45) is 6.41. The molecule has 8 rings (SSSR count). The molecule has 8 aromatic carbocycles. The van der Waals surface area contributed by atoms with Crippen molar-refractivity contribution in [1.29, 1.82) is 0 Å². The highest BCUT2D eigenvalue weighted by atomic mass is 16.5. The molecule has 0 fully saturated rings. The van der Waals surface area contributed by atoms with Crippen LogP contribution in [0.4, 0.5) is 0 Å². The molecule has 0 N–H and O–H groups in total. The summed E-state index contributed by atoms with van der Waals surface area (Å²) in [5.41, 5.74) is 4.49. The minimum absolute atomic E-state index is 0.120. The van der Waals surface area contributed by atoms with E-state index >= 15 is 0 Å². The molecular formula is C52H34O6. The fraction of sp³-hybridized carbons (Fsp3) is 0. The first-order valence-corrected chi connectivity index (χ1v) is 18.6. The van der Waals surface area contributed by atoms with Crippen LogP contribution in [-0.4, -0.2) is 23.5 Å². The molecule has 278 valence electrons. The smallest absolute Gasteiger partial charge is 0.343 e. The van der Waals surface area contributed by atoms with E-state index in [0.717, 1.165) is 32.7 Å². The number of fused-ring (bicyclic) bond motifs is 2. The summed E-state index contributed by atoms with van der Waals surface area (Å²) in [5.74, 6) is -0.820. The van der Waals surface area contributed by atoms with E-state index in [9.17, 15) is 19.2 Å². The van der Waals surface area contributed by atoms with Gasteiger partial charge in [0.2, 0.25) is 0 Å². The number of allylic oxidation sites excluding steroid dienone is 2. The fourth-order valence-electron chi connectivity index (χ4n) is 6.71. The Kier molecular flexibility index (Phi) is 10.7. The van der Waals surface area contributed by atoms with Gasteiger partial charge in [0.25, 0.3) is 0 Å². The first-order valence-electron chi connectivity index (χ1n) is 18.6. The maximum atomic E-state index is 13.8. The summed E-state index contributed by atoms with van der Waals surface area (Å²) in [6.45, 7) is 0. The largest absolute Gasteiger partial charge is 0.422 e. The molecule has 0 bridgehead atoms. The Balaban J connectivity index is 1.10. The predicted octanol–water partition coefficient (Wildman–Crippen LogP) is 11.9. The quantitative estimate of drug-likeness (QED) is 0.0565. The number of carbonyl (C=O) groups excluding carboxylic acids is 4. The normalized spacial score (nSPS) is 11.2. The van der Waals surface area contributed by atoms with E-state index in [4.69, 9.17) is 9.47 Å². The maximum Gasteiger partial charge on any atom is 0.343 e. The third kappa shape index (κ3) is 8.17. The summed E-state index contributed by atoms with van der Waals surface area (Å²) < 4.78 is 12.4. The van der Waals surface area contributed by atoms with Crippen molar-refractivity contribution in [1.82, 2.24) is 0 Å². The molecule has 0 radical (unpaired) electrons. The summed E-state index contributed by atoms with van der Waals surface area (Å²) >= 11 is 0. The van der Waals surface area contributed by atoms with E-state index < -0.39 is 11.9 Å². The van der Waals surface area contributed by atoms with Crippen molar-refractivity contribution in [3.05, 3.63) is 228 Å². The molecule has 0 saturated heterocycles. The minimum Gasteiger partial charge on any atom is -0.422 e. The Bertz CT molecular complexity index is 2670. The second kappa shape index (κ2) is 16.8. The van der Waals surface area contributed by atoms with Crippen LogP contribution in [0.25, 0.3) is 44.8 Å². The molecule has 0 atom stereocenters. The lowest BCUT2D eigenvalue weighted by Gasteiger charge is -2.19. The van der Waals surface area contributed by atoms with E-state index in [2.05, 4.69) is 0 Å². The van der Waals surface area contributed by atoms with Crippen molar-refractivity contribution < 1.29 is 28.7 Å². The zero-order chi connectivity index (χ0) is 39.8. The van der Waals surface area contributed by atoms with E-state index in [1.165, 1.54) is 12.2 Å². The number of ether oxygens (including phenoxy) is 2. The molecule has 0 unspecified atom stereocenters. The van der Waals surface area contributed by atoms with Gasteiger partial charge < -0.3 is 9.47 Å². The molecule has 0 aliphatic rings. The number of hydrogen-bond donors (Lipinski definition) is 0. The third-order valence-corrected chi connectivity index (χ3v) is 9.70. The molecule has 0 aliphatic carbocycles. The van der Waals surface area contributed by atoms with Crippen molar-refractivity contribution in [2.45, 2.75) is 0 Å². The van der Waals surface area contributed by atoms with Crippen molar-refractivity contribution >= 4 is 57.2 Å². The molecule has 0 spiro atoms. The number of esters is 2. The second-order valence-electron chi connectivity index (χ2n) is 13.5. The van der Waals surface area contributed by atoms with Crippen LogP contribution in [0.15, 0.2) is 194 Å². The number of carbonyl (C=O) groups is 4. The fourth-order valence-corrected chi connectivity index (χ4v) is 6.71. The zero-order valence-corrected chi connectivity index (χ0v) is 31.1. The molecule has 0 aromatic heterocycles. The Morgan fingerprint density at radius 3 is 1.10 bits per heavy atom. The third-order valence-electron chi connectivity index (χ3n) is 9.70. The SMILES string of the molecule is O=C(/C=C\c1ccc(C(=O)Oc2ccc3ccccc3c2-c2c(OC(=O)c3ccc(/C=C\C(=O)c4ccccc4)cc3)ccc3ccccc23)cc1)c1ccccc1. The van der Waals surface area contributed by atoms with E-state index in [1.807, 2.05) is 97.1 Å². The number of hydrogen-bond acceptors (Lipinski definition) is 6. The van der Waals surface area contributed by atoms with Crippen molar-refractivity contribution in [3.8, 4) is 22.6 Å². The lowest BCUT2D eigenvalue weighted by atomic mass is 9.92. The zero-order valence-electron chi connectivity index (χ0n) is 31.1. The van der Waals surface area contributed by atoms with Gasteiger partial charge in [0, 0.05) is 22.3 Å². The summed E-state index contributed by atoms with van der Waals surface area (Å²) in [7, 11) is 0. The van der Waals surface area contributed by atoms with Gasteiger partial charge in [-0.25, -0.2) is 9.59 Å². The Hall–Kier alpha value is -7.96. The molecule has 0 aliphatic heterocycles. The van der Waals surface area contributed by atoms with Crippen LogP contribution in [0.1, 0.15) is 52.6 Å². The van der Waals surface area contributed by atoms with Crippen LogP contribution < -0.4 is 9.47 Å². The average molecular weight is 755 g/mol. The number of ketones is 2. The highest BCUT2D eigenvalue weighted by molar-refractivity contribution is 6.11.